The van der Waals surface area contributed by atoms with Crippen molar-refractivity contribution >= 4 is 0 Å². The maximum atomic E-state index is 5.23. The van der Waals surface area contributed by atoms with E-state index in [1.165, 1.54) is 5.56 Å². The van der Waals surface area contributed by atoms with Crippen LogP contribution in [0.3, 0.4) is 0 Å². The van der Waals surface area contributed by atoms with E-state index in [0.717, 1.165) is 12.3 Å². The number of ether oxygens (including phenoxy) is 1. The molecule has 0 unspecified atom stereocenters. The zero-order chi connectivity index (χ0) is 15.0. The molecule has 2 nitrogen and oxygen atoms in total. The molecule has 0 saturated carbocycles. The van der Waals surface area contributed by atoms with E-state index in [2.05, 4.69) is 63.1 Å². The van der Waals surface area contributed by atoms with Crippen LogP contribution >= 0.6 is 0 Å². The highest BCUT2D eigenvalue weighted by atomic mass is 16.5. The lowest BCUT2D eigenvalue weighted by molar-refractivity contribution is 0.413. The zero-order valence-corrected chi connectivity index (χ0v) is 13.2. The molecule has 0 spiro atoms. The predicted octanol–water partition coefficient (Wildman–Crippen LogP) is 3.95. The van der Waals surface area contributed by atoms with Gasteiger partial charge in [-0.05, 0) is 51.5 Å². The first-order chi connectivity index (χ1) is 9.42. The van der Waals surface area contributed by atoms with E-state index in [4.69, 9.17) is 4.74 Å². The quantitative estimate of drug-likeness (QED) is 0.819. The van der Waals surface area contributed by atoms with Crippen LogP contribution in [0.2, 0.25) is 0 Å². The Hall–Kier alpha value is -1.72. The molecule has 108 valence electrons. The van der Waals surface area contributed by atoms with Gasteiger partial charge in [0.05, 0.1) is 7.11 Å². The van der Waals surface area contributed by atoms with Gasteiger partial charge in [-0.2, -0.15) is 0 Å². The van der Waals surface area contributed by atoms with E-state index in [-0.39, 0.29) is 11.5 Å². The van der Waals surface area contributed by atoms with Gasteiger partial charge in [0.25, 0.3) is 0 Å². The third kappa shape index (κ3) is 6.45. The number of allylic oxidation sites excluding steroid dienone is 1. The van der Waals surface area contributed by atoms with Gasteiger partial charge in [-0.1, -0.05) is 30.0 Å². The summed E-state index contributed by atoms with van der Waals surface area (Å²) >= 11 is 0. The minimum atomic E-state index is 0.0612. The van der Waals surface area contributed by atoms with Crippen molar-refractivity contribution in [2.45, 2.75) is 33.7 Å². The van der Waals surface area contributed by atoms with Gasteiger partial charge in [0.2, 0.25) is 0 Å². The van der Waals surface area contributed by atoms with Crippen molar-refractivity contribution in [3.8, 4) is 17.6 Å². The summed E-state index contributed by atoms with van der Waals surface area (Å²) in [5.41, 5.74) is 1.28. The molecule has 2 heteroatoms. The van der Waals surface area contributed by atoms with Gasteiger partial charge in [0.1, 0.15) is 5.75 Å². The van der Waals surface area contributed by atoms with E-state index < -0.39 is 0 Å². The fourth-order valence-electron chi connectivity index (χ4n) is 1.65. The van der Waals surface area contributed by atoms with E-state index in [0.29, 0.717) is 0 Å². The molecule has 1 rings (SSSR count). The lowest BCUT2D eigenvalue weighted by Crippen LogP contribution is -2.18. The Kier molecular flexibility index (Phi) is 6.35. The molecule has 20 heavy (non-hydrogen) atoms. The molecule has 0 amide bonds. The number of hydrogen-bond acceptors (Lipinski definition) is 2. The smallest absolute Gasteiger partial charge is 0.119 e. The molecule has 1 atom stereocenters. The second-order valence-electron chi connectivity index (χ2n) is 5.83. The second-order valence-corrected chi connectivity index (χ2v) is 5.83. The van der Waals surface area contributed by atoms with Crippen LogP contribution in [0.1, 0.15) is 39.3 Å². The van der Waals surface area contributed by atoms with Crippen molar-refractivity contribution < 1.29 is 4.74 Å². The van der Waals surface area contributed by atoms with Gasteiger partial charge in [0.15, 0.2) is 0 Å². The van der Waals surface area contributed by atoms with E-state index in [9.17, 15) is 0 Å². The van der Waals surface area contributed by atoms with Crippen molar-refractivity contribution in [2.24, 2.45) is 5.41 Å². The third-order valence-electron chi connectivity index (χ3n) is 2.78. The molecule has 0 bridgehead atoms. The first-order valence-corrected chi connectivity index (χ1v) is 6.97. The Balaban J connectivity index is 2.45. The van der Waals surface area contributed by atoms with Crippen LogP contribution in [0.15, 0.2) is 36.4 Å². The highest BCUT2D eigenvalue weighted by Crippen LogP contribution is 2.18. The highest BCUT2D eigenvalue weighted by molar-refractivity contribution is 5.30. The molecule has 1 aromatic carbocycles. The van der Waals surface area contributed by atoms with Crippen molar-refractivity contribution in [2.75, 3.05) is 13.7 Å². The first-order valence-electron chi connectivity index (χ1n) is 6.97. The van der Waals surface area contributed by atoms with Crippen LogP contribution in [0, 0.1) is 17.3 Å². The standard InChI is InChI=1S/C18H25NO/c1-15(16-10-9-11-17(14-16)20-5)19-13-8-6-7-12-18(2,3)4/h6,8-11,14-15,19H,13H2,1-5H3/t15-/m1/s1. The van der Waals surface area contributed by atoms with E-state index in [1.807, 2.05) is 18.2 Å². The summed E-state index contributed by atoms with van der Waals surface area (Å²) < 4.78 is 5.23. The Morgan fingerprint density at radius 1 is 1.35 bits per heavy atom. The number of benzene rings is 1. The SMILES string of the molecule is COc1cccc([C@@H](C)NCC=CC#CC(C)(C)C)c1. The molecule has 0 fully saturated rings. The van der Waals surface area contributed by atoms with Gasteiger partial charge in [0, 0.05) is 18.0 Å². The fraction of sp³-hybridized carbons (Fsp3) is 0.444. The maximum absolute atomic E-state index is 5.23. The molecule has 0 heterocycles. The van der Waals surface area contributed by atoms with Crippen molar-refractivity contribution in [1.29, 1.82) is 0 Å². The number of methoxy groups -OCH3 is 1. The Bertz CT molecular complexity index is 500. The van der Waals surface area contributed by atoms with Gasteiger partial charge in [-0.15, -0.1) is 0 Å². The maximum Gasteiger partial charge on any atom is 0.119 e. The van der Waals surface area contributed by atoms with Crippen molar-refractivity contribution in [1.82, 2.24) is 5.32 Å². The molecule has 1 aromatic rings. The molecule has 0 radical (unpaired) electrons. The average molecular weight is 271 g/mol. The summed E-state index contributed by atoms with van der Waals surface area (Å²) in [6.45, 7) is 9.27. The average Bonchev–Trinajstić information content (AvgIpc) is 2.41. The summed E-state index contributed by atoms with van der Waals surface area (Å²) in [5, 5.41) is 3.44. The van der Waals surface area contributed by atoms with E-state index in [1.54, 1.807) is 7.11 Å². The van der Waals surface area contributed by atoms with Gasteiger partial charge >= 0.3 is 0 Å². The Morgan fingerprint density at radius 3 is 2.75 bits per heavy atom. The Morgan fingerprint density at radius 2 is 2.10 bits per heavy atom. The topological polar surface area (TPSA) is 21.3 Å². The third-order valence-corrected chi connectivity index (χ3v) is 2.78. The van der Waals surface area contributed by atoms with Crippen LogP contribution in [0.25, 0.3) is 0 Å². The highest BCUT2D eigenvalue weighted by Gasteiger charge is 2.04. The summed E-state index contributed by atoms with van der Waals surface area (Å²) in [7, 11) is 1.69. The fourth-order valence-corrected chi connectivity index (χ4v) is 1.65. The van der Waals surface area contributed by atoms with Gasteiger partial charge in [-0.3, -0.25) is 0 Å². The van der Waals surface area contributed by atoms with Crippen molar-refractivity contribution in [3.63, 3.8) is 0 Å². The summed E-state index contributed by atoms with van der Waals surface area (Å²) in [5.74, 6) is 7.13. The molecule has 0 aromatic heterocycles. The minimum absolute atomic E-state index is 0.0612. The zero-order valence-electron chi connectivity index (χ0n) is 13.2. The van der Waals surface area contributed by atoms with Crippen LogP contribution in [-0.2, 0) is 0 Å². The lowest BCUT2D eigenvalue weighted by Gasteiger charge is -2.13. The molecule has 0 aliphatic heterocycles. The van der Waals surface area contributed by atoms with E-state index >= 15 is 0 Å². The molecule has 1 N–H and O–H groups in total. The molecular formula is C18H25NO. The normalized spacial score (nSPS) is 12.8. The predicted molar refractivity (Wildman–Crippen MR) is 85.8 cm³/mol. The van der Waals surface area contributed by atoms with Crippen LogP contribution in [-0.4, -0.2) is 13.7 Å². The lowest BCUT2D eigenvalue weighted by atomic mass is 9.98. The summed E-state index contributed by atoms with van der Waals surface area (Å²) in [4.78, 5) is 0. The van der Waals surface area contributed by atoms with Gasteiger partial charge < -0.3 is 10.1 Å². The molecular weight excluding hydrogens is 246 g/mol. The van der Waals surface area contributed by atoms with Crippen molar-refractivity contribution in [3.05, 3.63) is 42.0 Å². The first kappa shape index (κ1) is 16.3. The van der Waals surface area contributed by atoms with Crippen LogP contribution in [0.4, 0.5) is 0 Å². The number of hydrogen-bond donors (Lipinski definition) is 1. The van der Waals surface area contributed by atoms with Crippen LogP contribution in [0.5, 0.6) is 5.75 Å². The second kappa shape index (κ2) is 7.77. The Labute approximate surface area is 123 Å². The summed E-state index contributed by atoms with van der Waals surface area (Å²) in [6, 6.07) is 8.41. The van der Waals surface area contributed by atoms with Crippen LogP contribution < -0.4 is 10.1 Å². The molecule has 0 aliphatic carbocycles. The molecule has 0 aliphatic rings. The minimum Gasteiger partial charge on any atom is -0.497 e. The number of rotatable bonds is 5. The number of nitrogens with one attached hydrogen (secondary N) is 1. The van der Waals surface area contributed by atoms with Gasteiger partial charge in [-0.25, -0.2) is 0 Å². The summed E-state index contributed by atoms with van der Waals surface area (Å²) in [6.07, 6.45) is 3.96. The monoisotopic (exact) mass is 271 g/mol. The largest absolute Gasteiger partial charge is 0.497 e. The molecule has 0 saturated heterocycles.